The van der Waals surface area contributed by atoms with Gasteiger partial charge in [-0.3, -0.25) is 4.79 Å². The summed E-state index contributed by atoms with van der Waals surface area (Å²) < 4.78 is 0. The van der Waals surface area contributed by atoms with Crippen molar-refractivity contribution in [3.63, 3.8) is 0 Å². The highest BCUT2D eigenvalue weighted by atomic mass is 16.2. The maximum atomic E-state index is 13.2. The average molecular weight is 331 g/mol. The first kappa shape index (κ1) is 14.7. The Morgan fingerprint density at radius 2 is 2.08 bits per heavy atom. The number of aryl methyl sites for hydroxylation is 1. The van der Waals surface area contributed by atoms with E-state index in [-0.39, 0.29) is 5.91 Å². The molecule has 1 unspecified atom stereocenters. The SMILES string of the molecule is O=C(c1ccc2nc[nH]c2c1)N1CCC[C@@H]2c3ccccc3CCC21. The first-order valence-electron chi connectivity index (χ1n) is 9.13. The van der Waals surface area contributed by atoms with Crippen LogP contribution >= 0.6 is 0 Å². The number of imidazole rings is 1. The van der Waals surface area contributed by atoms with Gasteiger partial charge in [-0.1, -0.05) is 24.3 Å². The number of H-pyrrole nitrogens is 1. The third-order valence-corrected chi connectivity index (χ3v) is 5.87. The molecule has 1 aromatic heterocycles. The summed E-state index contributed by atoms with van der Waals surface area (Å²) in [5.41, 5.74) is 5.52. The topological polar surface area (TPSA) is 49.0 Å². The number of carbonyl (C=O) groups excluding carboxylic acids is 1. The van der Waals surface area contributed by atoms with Crippen LogP contribution < -0.4 is 0 Å². The number of carbonyl (C=O) groups is 1. The van der Waals surface area contributed by atoms with E-state index < -0.39 is 0 Å². The molecule has 2 aliphatic rings. The number of hydrogen-bond acceptors (Lipinski definition) is 2. The van der Waals surface area contributed by atoms with Gasteiger partial charge in [0.1, 0.15) is 0 Å². The van der Waals surface area contributed by atoms with E-state index in [4.69, 9.17) is 0 Å². The molecule has 1 fully saturated rings. The molecule has 3 aromatic rings. The molecule has 25 heavy (non-hydrogen) atoms. The monoisotopic (exact) mass is 331 g/mol. The summed E-state index contributed by atoms with van der Waals surface area (Å²) >= 11 is 0. The Balaban J connectivity index is 1.48. The van der Waals surface area contributed by atoms with Gasteiger partial charge in [-0.25, -0.2) is 4.98 Å². The molecule has 1 aliphatic carbocycles. The molecule has 126 valence electrons. The minimum Gasteiger partial charge on any atom is -0.345 e. The number of aromatic nitrogens is 2. The number of nitrogens with one attached hydrogen (secondary N) is 1. The maximum Gasteiger partial charge on any atom is 0.254 e. The van der Waals surface area contributed by atoms with Gasteiger partial charge < -0.3 is 9.88 Å². The van der Waals surface area contributed by atoms with Crippen molar-refractivity contribution < 1.29 is 4.79 Å². The minimum atomic E-state index is 0.158. The van der Waals surface area contributed by atoms with Crippen LogP contribution in [0.1, 0.15) is 46.7 Å². The molecule has 2 atom stereocenters. The highest BCUT2D eigenvalue weighted by Crippen LogP contribution is 2.41. The second kappa shape index (κ2) is 5.73. The Morgan fingerprint density at radius 1 is 1.16 bits per heavy atom. The van der Waals surface area contributed by atoms with E-state index in [1.165, 1.54) is 17.5 Å². The van der Waals surface area contributed by atoms with E-state index >= 15 is 0 Å². The fourth-order valence-electron chi connectivity index (χ4n) is 4.69. The second-order valence-corrected chi connectivity index (χ2v) is 7.19. The highest BCUT2D eigenvalue weighted by Gasteiger charge is 2.38. The third-order valence-electron chi connectivity index (χ3n) is 5.87. The molecule has 4 nitrogen and oxygen atoms in total. The Hall–Kier alpha value is -2.62. The van der Waals surface area contributed by atoms with Crippen molar-refractivity contribution in [3.8, 4) is 0 Å². The number of rotatable bonds is 1. The van der Waals surface area contributed by atoms with Gasteiger partial charge in [0.05, 0.1) is 17.4 Å². The molecule has 4 heteroatoms. The molecule has 0 bridgehead atoms. The highest BCUT2D eigenvalue weighted by molar-refractivity contribution is 5.97. The molecule has 0 spiro atoms. The van der Waals surface area contributed by atoms with Gasteiger partial charge in [0, 0.05) is 24.1 Å². The predicted octanol–water partition coefficient (Wildman–Crippen LogP) is 3.90. The quantitative estimate of drug-likeness (QED) is 0.735. The minimum absolute atomic E-state index is 0.158. The van der Waals surface area contributed by atoms with Crippen LogP contribution in [0.25, 0.3) is 11.0 Å². The summed E-state index contributed by atoms with van der Waals surface area (Å²) in [5.74, 6) is 0.643. The number of hydrogen-bond donors (Lipinski definition) is 1. The van der Waals surface area contributed by atoms with Gasteiger partial charge >= 0.3 is 0 Å². The molecular formula is C21H21N3O. The second-order valence-electron chi connectivity index (χ2n) is 7.19. The van der Waals surface area contributed by atoms with Gasteiger partial charge in [0.2, 0.25) is 0 Å². The van der Waals surface area contributed by atoms with Crippen LogP contribution in [0.3, 0.4) is 0 Å². The fourth-order valence-corrected chi connectivity index (χ4v) is 4.69. The Kier molecular flexibility index (Phi) is 3.37. The van der Waals surface area contributed by atoms with E-state index in [1.54, 1.807) is 6.33 Å². The molecular weight excluding hydrogens is 310 g/mol. The number of fused-ring (bicyclic) bond motifs is 4. The summed E-state index contributed by atoms with van der Waals surface area (Å²) in [5, 5.41) is 0. The molecule has 1 aliphatic heterocycles. The van der Waals surface area contributed by atoms with Gasteiger partial charge in [0.25, 0.3) is 5.91 Å². The van der Waals surface area contributed by atoms with E-state index in [0.717, 1.165) is 42.4 Å². The third kappa shape index (κ3) is 2.36. The van der Waals surface area contributed by atoms with Crippen molar-refractivity contribution >= 4 is 16.9 Å². The van der Waals surface area contributed by atoms with Gasteiger partial charge in [-0.05, 0) is 55.0 Å². The average Bonchev–Trinajstić information content (AvgIpc) is 3.14. The molecule has 1 N–H and O–H groups in total. The molecule has 2 aromatic carbocycles. The summed E-state index contributed by atoms with van der Waals surface area (Å²) in [6.07, 6.45) is 6.08. The first-order chi connectivity index (χ1) is 12.3. The lowest BCUT2D eigenvalue weighted by Crippen LogP contribution is -2.49. The zero-order valence-corrected chi connectivity index (χ0v) is 14.1. The van der Waals surface area contributed by atoms with Crippen molar-refractivity contribution in [3.05, 3.63) is 65.5 Å². The zero-order chi connectivity index (χ0) is 16.8. The molecule has 5 rings (SSSR count). The Bertz CT molecular complexity index is 945. The normalized spacial score (nSPS) is 22.5. The van der Waals surface area contributed by atoms with Crippen molar-refractivity contribution in [2.75, 3.05) is 6.54 Å². The summed E-state index contributed by atoms with van der Waals surface area (Å²) in [4.78, 5) is 22.7. The molecule has 2 heterocycles. The van der Waals surface area contributed by atoms with Crippen LogP contribution in [0.4, 0.5) is 0 Å². The van der Waals surface area contributed by atoms with E-state index in [1.807, 2.05) is 18.2 Å². The van der Waals surface area contributed by atoms with Crippen LogP contribution in [-0.2, 0) is 6.42 Å². The molecule has 0 saturated carbocycles. The molecule has 0 radical (unpaired) electrons. The predicted molar refractivity (Wildman–Crippen MR) is 97.7 cm³/mol. The van der Waals surface area contributed by atoms with Crippen LogP contribution in [0.5, 0.6) is 0 Å². The fraction of sp³-hybridized carbons (Fsp3) is 0.333. The van der Waals surface area contributed by atoms with E-state index in [2.05, 4.69) is 39.1 Å². The summed E-state index contributed by atoms with van der Waals surface area (Å²) in [6, 6.07) is 14.9. The van der Waals surface area contributed by atoms with Crippen LogP contribution in [0.2, 0.25) is 0 Å². The van der Waals surface area contributed by atoms with E-state index in [9.17, 15) is 4.79 Å². The van der Waals surface area contributed by atoms with Gasteiger partial charge in [0.15, 0.2) is 0 Å². The van der Waals surface area contributed by atoms with Gasteiger partial charge in [-0.15, -0.1) is 0 Å². The van der Waals surface area contributed by atoms with Crippen LogP contribution in [0, 0.1) is 0 Å². The van der Waals surface area contributed by atoms with E-state index in [0.29, 0.717) is 12.0 Å². The van der Waals surface area contributed by atoms with Crippen molar-refractivity contribution in [1.82, 2.24) is 14.9 Å². The smallest absolute Gasteiger partial charge is 0.254 e. The number of aromatic amines is 1. The lowest BCUT2D eigenvalue weighted by atomic mass is 9.74. The Morgan fingerprint density at radius 3 is 3.04 bits per heavy atom. The zero-order valence-electron chi connectivity index (χ0n) is 14.1. The standard InChI is InChI=1S/C21H21N3O/c25-21(15-7-9-18-19(12-15)23-13-22-18)24-11-3-6-17-16-5-2-1-4-14(16)8-10-20(17)24/h1-2,4-5,7,9,12-13,17,20H,3,6,8,10-11H2,(H,22,23)/t17-,20?/m1/s1. The number of nitrogens with zero attached hydrogens (tertiary/aromatic N) is 2. The van der Waals surface area contributed by atoms with Crippen LogP contribution in [0.15, 0.2) is 48.8 Å². The lowest BCUT2D eigenvalue weighted by molar-refractivity contribution is 0.0547. The number of amides is 1. The summed E-state index contributed by atoms with van der Waals surface area (Å²) in [7, 11) is 0. The number of benzene rings is 2. The largest absolute Gasteiger partial charge is 0.345 e. The Labute approximate surface area is 146 Å². The lowest BCUT2D eigenvalue weighted by Gasteiger charge is -2.45. The molecule has 1 amide bonds. The maximum absolute atomic E-state index is 13.2. The van der Waals surface area contributed by atoms with Crippen LogP contribution in [-0.4, -0.2) is 33.4 Å². The molecule has 1 saturated heterocycles. The first-order valence-corrected chi connectivity index (χ1v) is 9.13. The van der Waals surface area contributed by atoms with Crippen molar-refractivity contribution in [2.24, 2.45) is 0 Å². The number of piperidine rings is 1. The van der Waals surface area contributed by atoms with Crippen molar-refractivity contribution in [1.29, 1.82) is 0 Å². The number of likely N-dealkylation sites (tertiary alicyclic amines) is 1. The van der Waals surface area contributed by atoms with Gasteiger partial charge in [-0.2, -0.15) is 0 Å². The summed E-state index contributed by atoms with van der Waals surface area (Å²) in [6.45, 7) is 0.864. The van der Waals surface area contributed by atoms with Crippen molar-refractivity contribution in [2.45, 2.75) is 37.6 Å².